The summed E-state index contributed by atoms with van der Waals surface area (Å²) in [5.74, 6) is 0. The Labute approximate surface area is 116 Å². The molecule has 0 nitrogen and oxygen atoms in total. The predicted octanol–water partition coefficient (Wildman–Crippen LogP) is 5.64. The summed E-state index contributed by atoms with van der Waals surface area (Å²) in [4.78, 5) is 0. The van der Waals surface area contributed by atoms with Crippen molar-refractivity contribution in [3.63, 3.8) is 0 Å². The molecule has 0 atom stereocenters. The molecule has 0 aliphatic carbocycles. The first-order valence-corrected chi connectivity index (χ1v) is 6.71. The molecule has 0 saturated heterocycles. The molecule has 2 rings (SSSR count). The normalized spacial score (nSPS) is 12.1. The first-order valence-electron chi connectivity index (χ1n) is 6.71. The molecule has 0 saturated carbocycles. The second kappa shape index (κ2) is 6.19. The summed E-state index contributed by atoms with van der Waals surface area (Å²) < 4.78 is 0. The maximum Gasteiger partial charge on any atom is -0.0175 e. The van der Waals surface area contributed by atoms with Gasteiger partial charge in [-0.05, 0) is 54.7 Å². The highest BCUT2D eigenvalue weighted by Crippen LogP contribution is 2.26. The zero-order valence-corrected chi connectivity index (χ0v) is 11.9. The van der Waals surface area contributed by atoms with Crippen LogP contribution in [0.4, 0.5) is 0 Å². The van der Waals surface area contributed by atoms with Crippen molar-refractivity contribution in [3.05, 3.63) is 77.9 Å². The van der Waals surface area contributed by atoms with E-state index in [-0.39, 0.29) is 0 Å². The van der Waals surface area contributed by atoms with E-state index in [0.717, 1.165) is 0 Å². The molecule has 0 aliphatic rings. The van der Waals surface area contributed by atoms with E-state index < -0.39 is 0 Å². The van der Waals surface area contributed by atoms with Crippen molar-refractivity contribution >= 4 is 5.57 Å². The Morgan fingerprint density at radius 3 is 2.26 bits per heavy atom. The molecule has 2 aromatic rings. The van der Waals surface area contributed by atoms with E-state index >= 15 is 0 Å². The maximum atomic E-state index is 2.26. The van der Waals surface area contributed by atoms with Crippen LogP contribution in [0.3, 0.4) is 0 Å². The van der Waals surface area contributed by atoms with Gasteiger partial charge in [-0.2, -0.15) is 0 Å². The number of hydrogen-bond donors (Lipinski definition) is 0. The van der Waals surface area contributed by atoms with Gasteiger partial charge in [0.25, 0.3) is 0 Å². The lowest BCUT2D eigenvalue weighted by Crippen LogP contribution is -1.86. The van der Waals surface area contributed by atoms with Gasteiger partial charge in [-0.1, -0.05) is 60.7 Å². The molecule has 19 heavy (non-hydrogen) atoms. The molecule has 0 bridgehead atoms. The van der Waals surface area contributed by atoms with E-state index in [0.29, 0.717) is 0 Å². The summed E-state index contributed by atoms with van der Waals surface area (Å²) >= 11 is 0. The fourth-order valence-electron chi connectivity index (χ4n) is 2.29. The van der Waals surface area contributed by atoms with Gasteiger partial charge in [-0.25, -0.2) is 0 Å². The second-order valence-corrected chi connectivity index (χ2v) is 4.70. The fraction of sp³-hybridized carbons (Fsp3) is 0.158. The lowest BCUT2D eigenvalue weighted by Gasteiger charge is -2.09. The van der Waals surface area contributed by atoms with Crippen LogP contribution < -0.4 is 0 Å². The van der Waals surface area contributed by atoms with Gasteiger partial charge in [0.2, 0.25) is 0 Å². The van der Waals surface area contributed by atoms with Gasteiger partial charge < -0.3 is 0 Å². The highest BCUT2D eigenvalue weighted by molar-refractivity contribution is 5.78. The first-order chi connectivity index (χ1) is 9.24. The minimum Gasteiger partial charge on any atom is -0.0871 e. The Balaban J connectivity index is 2.52. The van der Waals surface area contributed by atoms with Crippen LogP contribution in [0.15, 0.2) is 66.8 Å². The van der Waals surface area contributed by atoms with Crippen molar-refractivity contribution in [2.45, 2.75) is 20.8 Å². The molecular weight excluding hydrogens is 228 g/mol. The molecule has 0 radical (unpaired) electrons. The van der Waals surface area contributed by atoms with Gasteiger partial charge in [0.1, 0.15) is 0 Å². The third-order valence-corrected chi connectivity index (χ3v) is 3.18. The second-order valence-electron chi connectivity index (χ2n) is 4.70. The van der Waals surface area contributed by atoms with Crippen molar-refractivity contribution in [1.82, 2.24) is 0 Å². The van der Waals surface area contributed by atoms with Crippen molar-refractivity contribution < 1.29 is 0 Å². The molecule has 0 unspecified atom stereocenters. The first kappa shape index (κ1) is 13.4. The lowest BCUT2D eigenvalue weighted by molar-refractivity contribution is 1.44. The Morgan fingerprint density at radius 1 is 0.895 bits per heavy atom. The minimum atomic E-state index is 1.27. The molecule has 0 amide bonds. The SMILES string of the molecule is C/C=C\C(=C/C)c1cc(C)cc(-c2ccccc2)c1. The molecule has 0 heteroatoms. The summed E-state index contributed by atoms with van der Waals surface area (Å²) in [6, 6.07) is 17.3. The number of allylic oxidation sites excluding steroid dienone is 4. The van der Waals surface area contributed by atoms with E-state index in [4.69, 9.17) is 0 Å². The molecule has 0 fully saturated rings. The largest absolute Gasteiger partial charge is 0.0871 e. The average Bonchev–Trinajstić information content (AvgIpc) is 2.45. The average molecular weight is 248 g/mol. The smallest absolute Gasteiger partial charge is 0.0175 e. The quantitative estimate of drug-likeness (QED) is 0.616. The van der Waals surface area contributed by atoms with Crippen LogP contribution in [0.5, 0.6) is 0 Å². The van der Waals surface area contributed by atoms with Gasteiger partial charge in [0.15, 0.2) is 0 Å². The Morgan fingerprint density at radius 2 is 1.63 bits per heavy atom. The van der Waals surface area contributed by atoms with E-state index in [1.54, 1.807) is 0 Å². The van der Waals surface area contributed by atoms with Crippen LogP contribution in [-0.4, -0.2) is 0 Å². The van der Waals surface area contributed by atoms with Crippen molar-refractivity contribution in [3.8, 4) is 11.1 Å². The van der Waals surface area contributed by atoms with Crippen LogP contribution in [-0.2, 0) is 0 Å². The monoisotopic (exact) mass is 248 g/mol. The van der Waals surface area contributed by atoms with E-state index in [1.807, 2.05) is 0 Å². The standard InChI is InChI=1S/C19H20/c1-4-9-16(5-2)18-12-15(3)13-19(14-18)17-10-7-6-8-11-17/h4-14H,1-3H3/b9-4-,16-5+. The number of hydrogen-bond acceptors (Lipinski definition) is 0. The summed E-state index contributed by atoms with van der Waals surface area (Å²) in [5, 5.41) is 0. The third-order valence-electron chi connectivity index (χ3n) is 3.18. The van der Waals surface area contributed by atoms with Gasteiger partial charge >= 0.3 is 0 Å². The number of rotatable bonds is 3. The highest BCUT2D eigenvalue weighted by atomic mass is 14.1. The summed E-state index contributed by atoms with van der Waals surface area (Å²) in [6.45, 7) is 6.29. The maximum absolute atomic E-state index is 2.26. The zero-order valence-electron chi connectivity index (χ0n) is 11.9. The topological polar surface area (TPSA) is 0 Å². The molecule has 96 valence electrons. The summed E-state index contributed by atoms with van der Waals surface area (Å²) in [5.41, 5.74) is 6.38. The summed E-state index contributed by atoms with van der Waals surface area (Å²) in [6.07, 6.45) is 6.40. The molecule has 0 spiro atoms. The van der Waals surface area contributed by atoms with Gasteiger partial charge in [-0.15, -0.1) is 0 Å². The molecule has 0 heterocycles. The molecule has 0 aromatic heterocycles. The van der Waals surface area contributed by atoms with E-state index in [1.165, 1.54) is 27.8 Å². The van der Waals surface area contributed by atoms with Crippen molar-refractivity contribution in [2.75, 3.05) is 0 Å². The highest BCUT2D eigenvalue weighted by Gasteiger charge is 2.03. The van der Waals surface area contributed by atoms with Crippen LogP contribution >= 0.6 is 0 Å². The zero-order chi connectivity index (χ0) is 13.7. The predicted molar refractivity (Wildman–Crippen MR) is 85.1 cm³/mol. The van der Waals surface area contributed by atoms with Crippen LogP contribution in [0.2, 0.25) is 0 Å². The van der Waals surface area contributed by atoms with Gasteiger partial charge in [0.05, 0.1) is 0 Å². The Bertz CT molecular complexity index is 601. The number of benzene rings is 2. The number of aryl methyl sites for hydroxylation is 1. The molecule has 0 N–H and O–H groups in total. The van der Waals surface area contributed by atoms with Gasteiger partial charge in [-0.3, -0.25) is 0 Å². The van der Waals surface area contributed by atoms with E-state index in [2.05, 4.69) is 87.5 Å². The Kier molecular flexibility index (Phi) is 4.35. The third kappa shape index (κ3) is 3.23. The van der Waals surface area contributed by atoms with Gasteiger partial charge in [0, 0.05) is 0 Å². The Hall–Kier alpha value is -2.08. The lowest BCUT2D eigenvalue weighted by atomic mass is 9.96. The van der Waals surface area contributed by atoms with Crippen LogP contribution in [0, 0.1) is 6.92 Å². The molecular formula is C19H20. The van der Waals surface area contributed by atoms with Crippen molar-refractivity contribution in [2.24, 2.45) is 0 Å². The summed E-state index contributed by atoms with van der Waals surface area (Å²) in [7, 11) is 0. The minimum absolute atomic E-state index is 1.27. The van der Waals surface area contributed by atoms with Crippen LogP contribution in [0.1, 0.15) is 25.0 Å². The van der Waals surface area contributed by atoms with E-state index in [9.17, 15) is 0 Å². The fourth-order valence-corrected chi connectivity index (χ4v) is 2.29. The molecule has 0 aliphatic heterocycles. The molecule has 2 aromatic carbocycles. The van der Waals surface area contributed by atoms with Crippen LogP contribution in [0.25, 0.3) is 16.7 Å². The van der Waals surface area contributed by atoms with Crippen molar-refractivity contribution in [1.29, 1.82) is 0 Å².